The molecular weight excluding hydrogens is 436 g/mol. The molecule has 33 heavy (non-hydrogen) atoms. The lowest BCUT2D eigenvalue weighted by Gasteiger charge is -2.25. The summed E-state index contributed by atoms with van der Waals surface area (Å²) < 4.78 is 31.2. The van der Waals surface area contributed by atoms with Crippen LogP contribution in [0.4, 0.5) is 5.69 Å². The summed E-state index contributed by atoms with van der Waals surface area (Å²) in [4.78, 5) is 15.2. The van der Waals surface area contributed by atoms with E-state index >= 15 is 0 Å². The molecule has 7 heteroatoms. The number of H-pyrrole nitrogens is 1. The monoisotopic (exact) mass is 466 g/mol. The summed E-state index contributed by atoms with van der Waals surface area (Å²) >= 11 is 0. The first-order chi connectivity index (χ1) is 15.4. The van der Waals surface area contributed by atoms with Crippen molar-refractivity contribution in [2.24, 2.45) is 0 Å². The Morgan fingerprint density at radius 3 is 2.30 bits per heavy atom. The first-order valence-electron chi connectivity index (χ1n) is 10.6. The van der Waals surface area contributed by atoms with Crippen LogP contribution >= 0.6 is 0 Å². The number of aromatic nitrogens is 1. The lowest BCUT2D eigenvalue weighted by molar-refractivity contribution is 0.397. The second kappa shape index (κ2) is 9.27. The number of hydrogen-bond acceptors (Lipinski definition) is 4. The largest absolute Gasteiger partial charge is 0.496 e. The summed E-state index contributed by atoms with van der Waals surface area (Å²) in [6, 6.07) is 14.8. The van der Waals surface area contributed by atoms with Crippen LogP contribution < -0.4 is 15.0 Å². The van der Waals surface area contributed by atoms with Gasteiger partial charge in [-0.05, 0) is 71.5 Å². The van der Waals surface area contributed by atoms with Crippen molar-refractivity contribution >= 4 is 27.4 Å². The zero-order chi connectivity index (χ0) is 24.4. The molecule has 0 saturated heterocycles. The summed E-state index contributed by atoms with van der Waals surface area (Å²) in [5.41, 5.74) is 5.32. The molecule has 0 aliphatic carbocycles. The number of nitrogens with one attached hydrogen (secondary N) is 2. The van der Waals surface area contributed by atoms with Crippen LogP contribution in [-0.2, 0) is 15.4 Å². The minimum atomic E-state index is -3.33. The number of aromatic amines is 1. The highest BCUT2D eigenvalue weighted by Gasteiger charge is 2.23. The minimum Gasteiger partial charge on any atom is -0.496 e. The van der Waals surface area contributed by atoms with Crippen LogP contribution in [0.25, 0.3) is 22.8 Å². The smallest absolute Gasteiger partial charge is 0.255 e. The standard InChI is InChI=1S/C26H30N2O4S/c1-17(18-9-11-21(12-10-18)28-33(6,30)31)14-20-15-19(22-8-7-13-27-25(22)29)16-23(24(20)32-5)26(2,3)4/h7-16,28H,1-6H3,(H,27,29)/b17-14+. The number of anilines is 1. The Hall–Kier alpha value is -3.32. The van der Waals surface area contributed by atoms with E-state index in [1.807, 2.05) is 43.3 Å². The summed E-state index contributed by atoms with van der Waals surface area (Å²) in [6.07, 6.45) is 4.76. The van der Waals surface area contributed by atoms with E-state index in [0.29, 0.717) is 11.3 Å². The van der Waals surface area contributed by atoms with Gasteiger partial charge in [-0.2, -0.15) is 0 Å². The Bertz CT molecular complexity index is 1350. The highest BCUT2D eigenvalue weighted by molar-refractivity contribution is 7.92. The van der Waals surface area contributed by atoms with Gasteiger partial charge in [0.2, 0.25) is 10.0 Å². The van der Waals surface area contributed by atoms with Gasteiger partial charge in [0.05, 0.1) is 13.4 Å². The Kier molecular flexibility index (Phi) is 6.84. The molecule has 6 nitrogen and oxygen atoms in total. The fourth-order valence-corrected chi connectivity index (χ4v) is 4.24. The molecule has 3 aromatic rings. The molecule has 2 N–H and O–H groups in total. The number of methoxy groups -OCH3 is 1. The van der Waals surface area contributed by atoms with E-state index in [2.05, 4.69) is 30.5 Å². The van der Waals surface area contributed by atoms with Crippen molar-refractivity contribution in [1.82, 2.24) is 4.98 Å². The maximum Gasteiger partial charge on any atom is 0.255 e. The van der Waals surface area contributed by atoms with E-state index in [4.69, 9.17) is 4.74 Å². The van der Waals surface area contributed by atoms with Gasteiger partial charge >= 0.3 is 0 Å². The molecule has 0 fully saturated rings. The molecule has 174 valence electrons. The Balaban J connectivity index is 2.14. The first kappa shape index (κ1) is 24.3. The molecule has 1 heterocycles. The zero-order valence-electron chi connectivity index (χ0n) is 19.8. The minimum absolute atomic E-state index is 0.150. The summed E-state index contributed by atoms with van der Waals surface area (Å²) in [5, 5.41) is 0. The average molecular weight is 467 g/mol. The molecule has 2 aromatic carbocycles. The van der Waals surface area contributed by atoms with E-state index in [9.17, 15) is 13.2 Å². The molecular formula is C26H30N2O4S. The van der Waals surface area contributed by atoms with Crippen LogP contribution in [-0.4, -0.2) is 26.8 Å². The van der Waals surface area contributed by atoms with Gasteiger partial charge in [-0.25, -0.2) is 8.42 Å². The maximum atomic E-state index is 12.5. The fraction of sp³-hybridized carbons (Fsp3) is 0.269. The average Bonchev–Trinajstić information content (AvgIpc) is 2.72. The van der Waals surface area contributed by atoms with Gasteiger partial charge in [0.15, 0.2) is 0 Å². The number of rotatable bonds is 6. The van der Waals surface area contributed by atoms with Crippen LogP contribution in [0.3, 0.4) is 0 Å². The highest BCUT2D eigenvalue weighted by atomic mass is 32.2. The number of allylic oxidation sites excluding steroid dienone is 1. The zero-order valence-corrected chi connectivity index (χ0v) is 20.6. The molecule has 0 amide bonds. The first-order valence-corrected chi connectivity index (χ1v) is 12.5. The van der Waals surface area contributed by atoms with Crippen LogP contribution in [0.1, 0.15) is 44.4 Å². The van der Waals surface area contributed by atoms with Crippen LogP contribution in [0.15, 0.2) is 59.5 Å². The van der Waals surface area contributed by atoms with Gasteiger partial charge in [0.1, 0.15) is 5.75 Å². The lowest BCUT2D eigenvalue weighted by Crippen LogP contribution is -2.15. The number of benzene rings is 2. The van der Waals surface area contributed by atoms with Crippen LogP contribution in [0, 0.1) is 0 Å². The van der Waals surface area contributed by atoms with Crippen molar-refractivity contribution in [3.05, 3.63) is 81.8 Å². The third-order valence-corrected chi connectivity index (χ3v) is 5.88. The fourth-order valence-electron chi connectivity index (χ4n) is 3.68. The van der Waals surface area contributed by atoms with Gasteiger partial charge in [0, 0.05) is 28.6 Å². The molecule has 0 unspecified atom stereocenters. The third kappa shape index (κ3) is 5.93. The van der Waals surface area contributed by atoms with Crippen molar-refractivity contribution in [3.63, 3.8) is 0 Å². The van der Waals surface area contributed by atoms with Crippen molar-refractivity contribution in [2.45, 2.75) is 33.1 Å². The van der Waals surface area contributed by atoms with Crippen LogP contribution in [0.2, 0.25) is 0 Å². The SMILES string of the molecule is COc1c(/C=C(\C)c2ccc(NS(C)(=O)=O)cc2)cc(-c2ccc[nH]c2=O)cc1C(C)(C)C. The predicted octanol–water partition coefficient (Wildman–Crippen LogP) is 5.28. The molecule has 0 bridgehead atoms. The van der Waals surface area contributed by atoms with Crippen molar-refractivity contribution in [2.75, 3.05) is 18.1 Å². The number of pyridine rings is 1. The molecule has 3 rings (SSSR count). The topological polar surface area (TPSA) is 88.3 Å². The van der Waals surface area contributed by atoms with E-state index in [1.165, 1.54) is 0 Å². The number of sulfonamides is 1. The number of ether oxygens (including phenoxy) is 1. The molecule has 0 atom stereocenters. The Labute approximate surface area is 195 Å². The number of hydrogen-bond donors (Lipinski definition) is 2. The predicted molar refractivity (Wildman–Crippen MR) is 136 cm³/mol. The van der Waals surface area contributed by atoms with Gasteiger partial charge in [-0.15, -0.1) is 0 Å². The lowest BCUT2D eigenvalue weighted by atomic mass is 9.83. The van der Waals surface area contributed by atoms with Gasteiger partial charge in [-0.1, -0.05) is 32.9 Å². The van der Waals surface area contributed by atoms with Crippen molar-refractivity contribution in [3.8, 4) is 16.9 Å². The highest BCUT2D eigenvalue weighted by Crippen LogP contribution is 2.39. The van der Waals surface area contributed by atoms with E-state index in [-0.39, 0.29) is 11.0 Å². The summed E-state index contributed by atoms with van der Waals surface area (Å²) in [5.74, 6) is 0.758. The Morgan fingerprint density at radius 1 is 1.09 bits per heavy atom. The quantitative estimate of drug-likeness (QED) is 0.484. The van der Waals surface area contributed by atoms with E-state index in [0.717, 1.165) is 39.8 Å². The summed E-state index contributed by atoms with van der Waals surface area (Å²) in [7, 11) is -1.68. The second-order valence-corrected chi connectivity index (χ2v) is 10.8. The molecule has 0 aliphatic heterocycles. The van der Waals surface area contributed by atoms with Gasteiger partial charge < -0.3 is 9.72 Å². The molecule has 0 radical (unpaired) electrons. The summed E-state index contributed by atoms with van der Waals surface area (Å²) in [6.45, 7) is 8.31. The van der Waals surface area contributed by atoms with Crippen molar-refractivity contribution in [1.29, 1.82) is 0 Å². The maximum absolute atomic E-state index is 12.5. The van der Waals surface area contributed by atoms with Crippen molar-refractivity contribution < 1.29 is 13.2 Å². The van der Waals surface area contributed by atoms with E-state index < -0.39 is 10.0 Å². The van der Waals surface area contributed by atoms with Gasteiger partial charge in [0.25, 0.3) is 5.56 Å². The normalized spacial score (nSPS) is 12.5. The molecule has 1 aromatic heterocycles. The molecule has 0 aliphatic rings. The second-order valence-electron chi connectivity index (χ2n) is 9.09. The van der Waals surface area contributed by atoms with Crippen LogP contribution in [0.5, 0.6) is 5.75 Å². The van der Waals surface area contributed by atoms with Gasteiger partial charge in [-0.3, -0.25) is 9.52 Å². The van der Waals surface area contributed by atoms with E-state index in [1.54, 1.807) is 31.5 Å². The third-order valence-electron chi connectivity index (χ3n) is 5.27. The Morgan fingerprint density at radius 2 is 1.76 bits per heavy atom. The molecule has 0 spiro atoms. The molecule has 0 saturated carbocycles.